The van der Waals surface area contributed by atoms with Crippen molar-refractivity contribution in [3.05, 3.63) is 65.7 Å². The maximum absolute atomic E-state index is 13.6. The summed E-state index contributed by atoms with van der Waals surface area (Å²) in [7, 11) is 0. The van der Waals surface area contributed by atoms with Gasteiger partial charge in [-0.25, -0.2) is 13.6 Å². The van der Waals surface area contributed by atoms with Crippen LogP contribution in [-0.4, -0.2) is 30.6 Å². The predicted molar refractivity (Wildman–Crippen MR) is 82.1 cm³/mol. The van der Waals surface area contributed by atoms with Gasteiger partial charge in [0.05, 0.1) is 18.8 Å². The van der Waals surface area contributed by atoms with Crippen LogP contribution >= 0.6 is 0 Å². The lowest BCUT2D eigenvalue weighted by Gasteiger charge is -2.33. The molecule has 1 N–H and O–H groups in total. The molecule has 2 aromatic rings. The zero-order valence-corrected chi connectivity index (χ0v) is 12.3. The smallest absolute Gasteiger partial charge is 0.322 e. The van der Waals surface area contributed by atoms with Gasteiger partial charge < -0.3 is 15.0 Å². The van der Waals surface area contributed by atoms with E-state index in [9.17, 15) is 13.6 Å². The molecule has 0 aromatic heterocycles. The van der Waals surface area contributed by atoms with E-state index in [0.29, 0.717) is 19.7 Å². The zero-order valence-electron chi connectivity index (χ0n) is 12.3. The first-order valence-electron chi connectivity index (χ1n) is 7.31. The Balaban J connectivity index is 1.67. The minimum Gasteiger partial charge on any atom is -0.370 e. The molecule has 1 unspecified atom stereocenters. The lowest BCUT2D eigenvalue weighted by atomic mass is 10.1. The van der Waals surface area contributed by atoms with E-state index in [0.717, 1.165) is 17.7 Å². The van der Waals surface area contributed by atoms with Gasteiger partial charge in [0.15, 0.2) is 0 Å². The Morgan fingerprint density at radius 1 is 1.17 bits per heavy atom. The molecule has 23 heavy (non-hydrogen) atoms. The normalized spacial score (nSPS) is 17.8. The molecular formula is C17H16F2N2O2. The Morgan fingerprint density at radius 3 is 2.70 bits per heavy atom. The van der Waals surface area contributed by atoms with Crippen molar-refractivity contribution in [2.75, 3.05) is 25.0 Å². The average molecular weight is 318 g/mol. The Bertz CT molecular complexity index is 694. The fourth-order valence-electron chi connectivity index (χ4n) is 2.49. The van der Waals surface area contributed by atoms with Crippen molar-refractivity contribution < 1.29 is 18.3 Å². The zero-order chi connectivity index (χ0) is 16.2. The van der Waals surface area contributed by atoms with Gasteiger partial charge in [0.1, 0.15) is 17.7 Å². The number of hydrogen-bond acceptors (Lipinski definition) is 2. The number of rotatable bonds is 2. The molecule has 6 heteroatoms. The van der Waals surface area contributed by atoms with E-state index in [1.807, 2.05) is 30.3 Å². The minimum absolute atomic E-state index is 0.0425. The number of carbonyl (C=O) groups excluding carboxylic acids is 1. The maximum atomic E-state index is 13.6. The van der Waals surface area contributed by atoms with Crippen LogP contribution in [0.15, 0.2) is 48.5 Å². The van der Waals surface area contributed by atoms with Gasteiger partial charge in [-0.1, -0.05) is 30.3 Å². The number of hydrogen-bond donors (Lipinski definition) is 1. The molecule has 0 radical (unpaired) electrons. The summed E-state index contributed by atoms with van der Waals surface area (Å²) >= 11 is 0. The van der Waals surface area contributed by atoms with E-state index < -0.39 is 17.7 Å². The monoisotopic (exact) mass is 318 g/mol. The van der Waals surface area contributed by atoms with Crippen LogP contribution in [0.4, 0.5) is 19.3 Å². The lowest BCUT2D eigenvalue weighted by Crippen LogP contribution is -2.44. The van der Waals surface area contributed by atoms with Crippen LogP contribution in [-0.2, 0) is 4.74 Å². The van der Waals surface area contributed by atoms with Crippen molar-refractivity contribution >= 4 is 11.7 Å². The van der Waals surface area contributed by atoms with Crippen LogP contribution < -0.4 is 5.32 Å². The van der Waals surface area contributed by atoms with Crippen molar-refractivity contribution in [3.8, 4) is 0 Å². The van der Waals surface area contributed by atoms with Crippen LogP contribution in [0, 0.1) is 11.6 Å². The summed E-state index contributed by atoms with van der Waals surface area (Å²) in [6.07, 6.45) is -0.214. The van der Waals surface area contributed by atoms with Gasteiger partial charge in [0.2, 0.25) is 0 Å². The third kappa shape index (κ3) is 3.65. The molecule has 1 heterocycles. The van der Waals surface area contributed by atoms with E-state index in [1.54, 1.807) is 4.90 Å². The number of urea groups is 1. The van der Waals surface area contributed by atoms with Crippen LogP contribution in [0.2, 0.25) is 0 Å². The molecule has 0 saturated carbocycles. The van der Waals surface area contributed by atoms with Crippen molar-refractivity contribution in [2.45, 2.75) is 6.10 Å². The summed E-state index contributed by atoms with van der Waals surface area (Å²) in [5, 5.41) is 2.47. The van der Waals surface area contributed by atoms with Gasteiger partial charge >= 0.3 is 6.03 Å². The Labute approximate surface area is 132 Å². The van der Waals surface area contributed by atoms with Gasteiger partial charge in [-0.3, -0.25) is 0 Å². The largest absolute Gasteiger partial charge is 0.370 e. The fraction of sp³-hybridized carbons (Fsp3) is 0.235. The predicted octanol–water partition coefficient (Wildman–Crippen LogP) is 3.57. The Kier molecular flexibility index (Phi) is 4.52. The first-order chi connectivity index (χ1) is 11.1. The van der Waals surface area contributed by atoms with Gasteiger partial charge in [-0.2, -0.15) is 0 Å². The molecule has 4 nitrogen and oxygen atoms in total. The molecule has 0 bridgehead atoms. The van der Waals surface area contributed by atoms with E-state index in [1.165, 1.54) is 6.07 Å². The van der Waals surface area contributed by atoms with Crippen LogP contribution in [0.25, 0.3) is 0 Å². The molecule has 1 atom stereocenters. The molecule has 0 aliphatic carbocycles. The number of halogens is 2. The second-order valence-electron chi connectivity index (χ2n) is 5.27. The molecule has 0 spiro atoms. The number of amides is 2. The van der Waals surface area contributed by atoms with Gasteiger partial charge in [0.25, 0.3) is 0 Å². The second kappa shape index (κ2) is 6.75. The van der Waals surface area contributed by atoms with Gasteiger partial charge in [-0.05, 0) is 17.7 Å². The van der Waals surface area contributed by atoms with Crippen molar-refractivity contribution in [1.82, 2.24) is 4.90 Å². The highest BCUT2D eigenvalue weighted by Gasteiger charge is 2.25. The molecular weight excluding hydrogens is 302 g/mol. The number of nitrogens with zero attached hydrogens (tertiary/aromatic N) is 1. The molecule has 1 fully saturated rings. The van der Waals surface area contributed by atoms with Crippen molar-refractivity contribution in [1.29, 1.82) is 0 Å². The summed E-state index contributed by atoms with van der Waals surface area (Å²) in [5.74, 6) is -1.48. The SMILES string of the molecule is O=C(Nc1ccc(F)cc1F)N1CCOC(c2ccccc2)C1. The molecule has 2 amide bonds. The summed E-state index contributed by atoms with van der Waals surface area (Å²) in [6, 6.07) is 12.2. The highest BCUT2D eigenvalue weighted by Crippen LogP contribution is 2.23. The summed E-state index contributed by atoms with van der Waals surface area (Å²) in [4.78, 5) is 13.8. The van der Waals surface area contributed by atoms with Crippen molar-refractivity contribution in [2.24, 2.45) is 0 Å². The number of anilines is 1. The summed E-state index contributed by atoms with van der Waals surface area (Å²) < 4.78 is 32.2. The first-order valence-corrected chi connectivity index (χ1v) is 7.31. The molecule has 1 aliphatic heterocycles. The number of carbonyl (C=O) groups is 1. The first kappa shape index (κ1) is 15.4. The summed E-state index contributed by atoms with van der Waals surface area (Å²) in [6.45, 7) is 1.19. The van der Waals surface area contributed by atoms with E-state index >= 15 is 0 Å². The number of nitrogens with one attached hydrogen (secondary N) is 1. The molecule has 1 saturated heterocycles. The van der Waals surface area contributed by atoms with Crippen LogP contribution in [0.5, 0.6) is 0 Å². The van der Waals surface area contributed by atoms with E-state index in [2.05, 4.69) is 5.32 Å². The Morgan fingerprint density at radius 2 is 1.96 bits per heavy atom. The maximum Gasteiger partial charge on any atom is 0.322 e. The molecule has 3 rings (SSSR count). The van der Waals surface area contributed by atoms with E-state index in [4.69, 9.17) is 4.74 Å². The number of benzene rings is 2. The van der Waals surface area contributed by atoms with Crippen LogP contribution in [0.1, 0.15) is 11.7 Å². The highest BCUT2D eigenvalue weighted by atomic mass is 19.1. The Hall–Kier alpha value is -2.47. The average Bonchev–Trinajstić information content (AvgIpc) is 2.58. The molecule has 2 aromatic carbocycles. The topological polar surface area (TPSA) is 41.6 Å². The number of morpholine rings is 1. The lowest BCUT2D eigenvalue weighted by molar-refractivity contribution is -0.0135. The van der Waals surface area contributed by atoms with Crippen molar-refractivity contribution in [3.63, 3.8) is 0 Å². The highest BCUT2D eigenvalue weighted by molar-refractivity contribution is 5.89. The minimum atomic E-state index is -0.800. The van der Waals surface area contributed by atoms with E-state index in [-0.39, 0.29) is 11.8 Å². The number of ether oxygens (including phenoxy) is 1. The molecule has 1 aliphatic rings. The third-order valence-corrected chi connectivity index (χ3v) is 3.70. The second-order valence-corrected chi connectivity index (χ2v) is 5.27. The standard InChI is InChI=1S/C17H16F2N2O2/c18-13-6-7-15(14(19)10-13)20-17(22)21-8-9-23-16(11-21)12-4-2-1-3-5-12/h1-7,10,16H,8-9,11H2,(H,20,22). The summed E-state index contributed by atoms with van der Waals surface area (Å²) in [5.41, 5.74) is 0.942. The fourth-order valence-corrected chi connectivity index (χ4v) is 2.49. The van der Waals surface area contributed by atoms with Gasteiger partial charge in [0, 0.05) is 12.6 Å². The van der Waals surface area contributed by atoms with Gasteiger partial charge in [-0.15, -0.1) is 0 Å². The quantitative estimate of drug-likeness (QED) is 0.920. The van der Waals surface area contributed by atoms with Crippen LogP contribution in [0.3, 0.4) is 0 Å². The molecule has 120 valence electrons. The third-order valence-electron chi connectivity index (χ3n) is 3.70.